The van der Waals surface area contributed by atoms with Gasteiger partial charge in [0.05, 0.1) is 0 Å². The van der Waals surface area contributed by atoms with E-state index in [1.807, 2.05) is 84.9 Å². The van der Waals surface area contributed by atoms with E-state index in [1.165, 1.54) is 0 Å². The van der Waals surface area contributed by atoms with Gasteiger partial charge in [-0.15, -0.1) is 0 Å². The minimum atomic E-state index is -3.76. The quantitative estimate of drug-likeness (QED) is 0.469. The maximum Gasteiger partial charge on any atom is 0.198 e. The van der Waals surface area contributed by atoms with Crippen LogP contribution in [-0.4, -0.2) is 8.42 Å². The zero-order valence-electron chi connectivity index (χ0n) is 13.1. The lowest BCUT2D eigenvalue weighted by Gasteiger charge is -2.28. The number of sulfone groups is 1. The molecule has 0 radical (unpaired) electrons. The molecule has 0 saturated heterocycles. The third-order valence-electron chi connectivity index (χ3n) is 4.65. The Kier molecular flexibility index (Phi) is 3.94. The van der Waals surface area contributed by atoms with Crippen molar-refractivity contribution >= 4 is 41.7 Å². The SMILES string of the molecule is O=S1(=O)[C@](Br)(c2ccccc2)c2ccccc2[C@@]1(Br)c1ccccc1. The molecule has 0 unspecified atom stereocenters. The van der Waals surface area contributed by atoms with Crippen molar-refractivity contribution in [1.29, 1.82) is 0 Å². The summed E-state index contributed by atoms with van der Waals surface area (Å²) >= 11 is 7.26. The normalized spacial score (nSPS) is 27.0. The smallest absolute Gasteiger partial charge is 0.198 e. The number of rotatable bonds is 2. The molecule has 0 bridgehead atoms. The van der Waals surface area contributed by atoms with Crippen LogP contribution < -0.4 is 0 Å². The van der Waals surface area contributed by atoms with Crippen molar-refractivity contribution < 1.29 is 8.42 Å². The fraction of sp³-hybridized carbons (Fsp3) is 0.100. The number of fused-ring (bicyclic) bond motifs is 1. The van der Waals surface area contributed by atoms with Crippen molar-refractivity contribution in [2.24, 2.45) is 0 Å². The molecule has 3 aromatic carbocycles. The molecule has 1 heterocycles. The molecule has 1 aliphatic heterocycles. The molecule has 3 aromatic rings. The molecule has 5 heteroatoms. The highest BCUT2D eigenvalue weighted by Crippen LogP contribution is 2.63. The zero-order chi connectivity index (χ0) is 17.7. The van der Waals surface area contributed by atoms with Crippen LogP contribution in [0.5, 0.6) is 0 Å². The van der Waals surface area contributed by atoms with E-state index in [0.717, 1.165) is 11.1 Å². The average molecular weight is 478 g/mol. The predicted molar refractivity (Wildman–Crippen MR) is 108 cm³/mol. The van der Waals surface area contributed by atoms with Crippen LogP contribution in [0, 0.1) is 0 Å². The van der Waals surface area contributed by atoms with Crippen LogP contribution in [-0.2, 0) is 17.1 Å². The molecule has 4 rings (SSSR count). The van der Waals surface area contributed by atoms with E-state index in [-0.39, 0.29) is 0 Å². The van der Waals surface area contributed by atoms with Crippen LogP contribution in [0.15, 0.2) is 84.9 Å². The van der Waals surface area contributed by atoms with E-state index in [1.54, 1.807) is 0 Å². The van der Waals surface area contributed by atoms with E-state index < -0.39 is 17.1 Å². The van der Waals surface area contributed by atoms with E-state index in [9.17, 15) is 8.42 Å². The van der Waals surface area contributed by atoms with Gasteiger partial charge in [-0.25, -0.2) is 8.42 Å². The van der Waals surface area contributed by atoms with Gasteiger partial charge in [0, 0.05) is 0 Å². The maximum absolute atomic E-state index is 13.9. The Morgan fingerprint density at radius 2 is 0.880 bits per heavy atom. The third kappa shape index (κ3) is 2.09. The molecule has 0 amide bonds. The van der Waals surface area contributed by atoms with Gasteiger partial charge in [0.15, 0.2) is 17.1 Å². The lowest BCUT2D eigenvalue weighted by Crippen LogP contribution is -2.35. The molecule has 0 saturated carbocycles. The molecular weight excluding hydrogens is 464 g/mol. The molecule has 0 N–H and O–H groups in total. The summed E-state index contributed by atoms with van der Waals surface area (Å²) in [4.78, 5) is 0. The molecule has 25 heavy (non-hydrogen) atoms. The van der Waals surface area contributed by atoms with Crippen molar-refractivity contribution in [2.75, 3.05) is 0 Å². The molecule has 0 aromatic heterocycles. The number of hydrogen-bond acceptors (Lipinski definition) is 2. The van der Waals surface area contributed by atoms with Gasteiger partial charge < -0.3 is 0 Å². The molecule has 0 aliphatic carbocycles. The lowest BCUT2D eigenvalue weighted by molar-refractivity contribution is 0.582. The molecule has 1 aliphatic rings. The van der Waals surface area contributed by atoms with Gasteiger partial charge >= 0.3 is 0 Å². The van der Waals surface area contributed by atoms with Gasteiger partial charge in [-0.05, 0) is 22.3 Å². The zero-order valence-corrected chi connectivity index (χ0v) is 17.1. The molecule has 2 nitrogen and oxygen atoms in total. The standard InChI is InChI=1S/C20H14Br2O2S/c21-19(15-9-3-1-4-10-15)17-13-7-8-14-18(17)20(22,25(19,23)24)16-11-5-2-6-12-16/h1-14H/t19-,20-/m1/s1. The van der Waals surface area contributed by atoms with Gasteiger partial charge in [-0.2, -0.15) is 0 Å². The second kappa shape index (κ2) is 5.79. The Balaban J connectivity index is 2.12. The lowest BCUT2D eigenvalue weighted by atomic mass is 9.95. The van der Waals surface area contributed by atoms with Crippen LogP contribution in [0.1, 0.15) is 22.3 Å². The van der Waals surface area contributed by atoms with Crippen molar-refractivity contribution in [2.45, 2.75) is 7.31 Å². The predicted octanol–water partition coefficient (Wildman–Crippen LogP) is 5.31. The highest BCUT2D eigenvalue weighted by Gasteiger charge is 2.65. The largest absolute Gasteiger partial charge is 0.224 e. The molecule has 0 spiro atoms. The average Bonchev–Trinajstić information content (AvgIpc) is 2.81. The third-order valence-corrected chi connectivity index (χ3v) is 11.4. The van der Waals surface area contributed by atoms with Crippen molar-refractivity contribution in [3.63, 3.8) is 0 Å². The summed E-state index contributed by atoms with van der Waals surface area (Å²) in [5, 5.41) is 0. The molecular formula is C20H14Br2O2S. The number of halogens is 2. The summed E-state index contributed by atoms with van der Waals surface area (Å²) in [5.41, 5.74) is 2.86. The number of alkyl halides is 2. The summed E-state index contributed by atoms with van der Waals surface area (Å²) < 4.78 is 25.2. The van der Waals surface area contributed by atoms with Gasteiger partial charge in [-0.3, -0.25) is 0 Å². The molecule has 2 atom stereocenters. The van der Waals surface area contributed by atoms with Gasteiger partial charge in [-0.1, -0.05) is 117 Å². The first-order valence-electron chi connectivity index (χ1n) is 7.77. The first-order valence-corrected chi connectivity index (χ1v) is 10.8. The molecule has 0 fully saturated rings. The maximum atomic E-state index is 13.9. The number of benzene rings is 3. The van der Waals surface area contributed by atoms with Gasteiger partial charge in [0.1, 0.15) is 0 Å². The second-order valence-electron chi connectivity index (χ2n) is 5.97. The fourth-order valence-electron chi connectivity index (χ4n) is 3.45. The summed E-state index contributed by atoms with van der Waals surface area (Å²) in [6, 6.07) is 26.0. The fourth-order valence-corrected chi connectivity index (χ4v) is 9.00. The van der Waals surface area contributed by atoms with Crippen LogP contribution in [0.3, 0.4) is 0 Å². The first kappa shape index (κ1) is 17.0. The van der Waals surface area contributed by atoms with Crippen LogP contribution >= 0.6 is 31.9 Å². The minimum Gasteiger partial charge on any atom is -0.224 e. The highest BCUT2D eigenvalue weighted by molar-refractivity contribution is 9.13. The van der Waals surface area contributed by atoms with Crippen LogP contribution in [0.2, 0.25) is 0 Å². The Hall–Kier alpha value is -1.43. The Morgan fingerprint density at radius 3 is 1.24 bits per heavy atom. The minimum absolute atomic E-state index is 0.694. The van der Waals surface area contributed by atoms with E-state index in [2.05, 4.69) is 31.9 Å². The van der Waals surface area contributed by atoms with Crippen molar-refractivity contribution in [1.82, 2.24) is 0 Å². The van der Waals surface area contributed by atoms with Crippen molar-refractivity contribution in [3.8, 4) is 0 Å². The number of hydrogen-bond donors (Lipinski definition) is 0. The van der Waals surface area contributed by atoms with Gasteiger partial charge in [0.2, 0.25) is 0 Å². The van der Waals surface area contributed by atoms with E-state index in [0.29, 0.717) is 11.1 Å². The highest BCUT2D eigenvalue weighted by atomic mass is 79.9. The Labute approximate surface area is 164 Å². The molecule has 126 valence electrons. The first-order chi connectivity index (χ1) is 11.9. The van der Waals surface area contributed by atoms with Crippen LogP contribution in [0.4, 0.5) is 0 Å². The van der Waals surface area contributed by atoms with Crippen LogP contribution in [0.25, 0.3) is 0 Å². The van der Waals surface area contributed by atoms with E-state index in [4.69, 9.17) is 0 Å². The second-order valence-corrected chi connectivity index (χ2v) is 11.6. The van der Waals surface area contributed by atoms with Crippen molar-refractivity contribution in [3.05, 3.63) is 107 Å². The Morgan fingerprint density at radius 1 is 0.560 bits per heavy atom. The summed E-state index contributed by atoms with van der Waals surface area (Å²) in [5.74, 6) is 0. The summed E-state index contributed by atoms with van der Waals surface area (Å²) in [6.07, 6.45) is 0. The summed E-state index contributed by atoms with van der Waals surface area (Å²) in [6.45, 7) is 0. The topological polar surface area (TPSA) is 34.1 Å². The Bertz CT molecular complexity index is 957. The van der Waals surface area contributed by atoms with E-state index >= 15 is 0 Å². The monoisotopic (exact) mass is 476 g/mol. The van der Waals surface area contributed by atoms with Gasteiger partial charge in [0.25, 0.3) is 0 Å². The summed E-state index contributed by atoms with van der Waals surface area (Å²) in [7, 11) is -3.76.